The summed E-state index contributed by atoms with van der Waals surface area (Å²) in [6.07, 6.45) is 6.85. The Morgan fingerprint density at radius 3 is 2.32 bits per heavy atom. The van der Waals surface area contributed by atoms with Crippen molar-refractivity contribution in [3.05, 3.63) is 29.8 Å². The van der Waals surface area contributed by atoms with Crippen molar-refractivity contribution in [2.45, 2.75) is 63.8 Å². The molecule has 1 N–H and O–H groups in total. The van der Waals surface area contributed by atoms with E-state index in [1.807, 2.05) is 11.8 Å². The van der Waals surface area contributed by atoms with E-state index in [0.29, 0.717) is 6.04 Å². The third kappa shape index (κ3) is 7.03. The van der Waals surface area contributed by atoms with Crippen LogP contribution < -0.4 is 5.32 Å². The van der Waals surface area contributed by atoms with E-state index in [4.69, 9.17) is 0 Å². The maximum atomic E-state index is 3.45. The van der Waals surface area contributed by atoms with Gasteiger partial charge in [-0.3, -0.25) is 0 Å². The molecule has 0 fully saturated rings. The van der Waals surface area contributed by atoms with Crippen LogP contribution in [0.5, 0.6) is 0 Å². The van der Waals surface area contributed by atoms with Crippen molar-refractivity contribution in [2.24, 2.45) is 0 Å². The molecule has 1 aromatic carbocycles. The molecule has 0 spiro atoms. The van der Waals surface area contributed by atoms with E-state index in [0.717, 1.165) is 6.54 Å². The second-order valence-electron chi connectivity index (χ2n) is 5.11. The van der Waals surface area contributed by atoms with Crippen molar-refractivity contribution in [2.75, 3.05) is 12.3 Å². The highest BCUT2D eigenvalue weighted by atomic mass is 32.2. The van der Waals surface area contributed by atoms with Gasteiger partial charge in [-0.1, -0.05) is 51.7 Å². The Morgan fingerprint density at radius 1 is 1.00 bits per heavy atom. The van der Waals surface area contributed by atoms with Gasteiger partial charge in [-0.15, -0.1) is 11.8 Å². The molecule has 0 saturated heterocycles. The molecule has 1 unspecified atom stereocenters. The van der Waals surface area contributed by atoms with Crippen LogP contribution in [-0.2, 0) is 0 Å². The zero-order valence-electron chi connectivity index (χ0n) is 12.7. The van der Waals surface area contributed by atoms with Crippen LogP contribution in [0.1, 0.15) is 64.5 Å². The van der Waals surface area contributed by atoms with Crippen molar-refractivity contribution in [1.82, 2.24) is 5.32 Å². The topological polar surface area (TPSA) is 12.0 Å². The molecule has 1 aromatic rings. The minimum absolute atomic E-state index is 0.457. The molecular formula is C17H29NS. The predicted octanol–water partition coefficient (Wildman–Crippen LogP) is 5.42. The van der Waals surface area contributed by atoms with Crippen molar-refractivity contribution in [3.8, 4) is 0 Å². The van der Waals surface area contributed by atoms with E-state index in [1.54, 1.807) is 0 Å². The fourth-order valence-electron chi connectivity index (χ4n) is 2.17. The van der Waals surface area contributed by atoms with Gasteiger partial charge in [0.15, 0.2) is 0 Å². The summed E-state index contributed by atoms with van der Waals surface area (Å²) in [5.41, 5.74) is 1.38. The van der Waals surface area contributed by atoms with Gasteiger partial charge < -0.3 is 5.32 Å². The first-order chi connectivity index (χ1) is 9.27. The summed E-state index contributed by atoms with van der Waals surface area (Å²) in [5.74, 6) is 1.26. The average molecular weight is 279 g/mol. The van der Waals surface area contributed by atoms with E-state index < -0.39 is 0 Å². The number of unbranched alkanes of at least 4 members (excludes halogenated alkanes) is 4. The molecule has 19 heavy (non-hydrogen) atoms. The largest absolute Gasteiger partial charge is 0.310 e. The Labute approximate surface area is 123 Å². The highest BCUT2D eigenvalue weighted by Gasteiger charge is 2.03. The molecule has 0 aliphatic rings. The van der Waals surface area contributed by atoms with Crippen molar-refractivity contribution in [3.63, 3.8) is 0 Å². The van der Waals surface area contributed by atoms with Crippen molar-refractivity contribution in [1.29, 1.82) is 0 Å². The van der Waals surface area contributed by atoms with Gasteiger partial charge in [0.2, 0.25) is 0 Å². The highest BCUT2D eigenvalue weighted by molar-refractivity contribution is 7.99. The number of nitrogens with one attached hydrogen (secondary N) is 1. The Hall–Kier alpha value is -0.470. The number of benzene rings is 1. The Morgan fingerprint density at radius 2 is 1.68 bits per heavy atom. The van der Waals surface area contributed by atoms with Crippen LogP contribution in [0, 0.1) is 0 Å². The molecule has 0 heterocycles. The summed E-state index contributed by atoms with van der Waals surface area (Å²) in [4.78, 5) is 1.41. The first-order valence-electron chi connectivity index (χ1n) is 7.74. The molecule has 108 valence electrons. The van der Waals surface area contributed by atoms with Gasteiger partial charge in [0, 0.05) is 10.9 Å². The Balaban J connectivity index is 2.24. The van der Waals surface area contributed by atoms with E-state index in [2.05, 4.69) is 50.4 Å². The van der Waals surface area contributed by atoms with Crippen LogP contribution in [0.2, 0.25) is 0 Å². The summed E-state index contributed by atoms with van der Waals surface area (Å²) in [7, 11) is 0. The molecule has 0 aliphatic heterocycles. The average Bonchev–Trinajstić information content (AvgIpc) is 2.43. The van der Waals surface area contributed by atoms with Crippen LogP contribution in [-0.4, -0.2) is 12.3 Å². The van der Waals surface area contributed by atoms with Gasteiger partial charge >= 0.3 is 0 Å². The maximum absolute atomic E-state index is 3.45. The number of hydrogen-bond acceptors (Lipinski definition) is 2. The number of thioether (sulfide) groups is 1. The van der Waals surface area contributed by atoms with Crippen LogP contribution in [0.3, 0.4) is 0 Å². The summed E-state index contributed by atoms with van der Waals surface area (Å²) in [6, 6.07) is 9.50. The molecule has 2 heteroatoms. The Kier molecular flexibility index (Phi) is 9.02. The van der Waals surface area contributed by atoms with Gasteiger partial charge in [-0.05, 0) is 43.3 Å². The standard InChI is InChI=1S/C17H29NS/c1-4-6-7-8-9-14-19-17-12-10-16(11-13-17)15(3)18-5-2/h10-13,15,18H,4-9,14H2,1-3H3. The summed E-state index contributed by atoms with van der Waals surface area (Å²) in [6.45, 7) is 7.67. The Bertz CT molecular complexity index is 321. The minimum Gasteiger partial charge on any atom is -0.310 e. The lowest BCUT2D eigenvalue weighted by molar-refractivity contribution is 0.598. The third-order valence-corrected chi connectivity index (χ3v) is 4.51. The van der Waals surface area contributed by atoms with E-state index in [-0.39, 0.29) is 0 Å². The van der Waals surface area contributed by atoms with E-state index in [1.165, 1.54) is 48.3 Å². The molecule has 0 radical (unpaired) electrons. The number of hydrogen-bond donors (Lipinski definition) is 1. The molecular weight excluding hydrogens is 250 g/mol. The van der Waals surface area contributed by atoms with Gasteiger partial charge in [-0.2, -0.15) is 0 Å². The maximum Gasteiger partial charge on any atom is 0.0291 e. The van der Waals surface area contributed by atoms with Crippen molar-refractivity contribution < 1.29 is 0 Å². The second-order valence-corrected chi connectivity index (χ2v) is 6.28. The van der Waals surface area contributed by atoms with Gasteiger partial charge in [-0.25, -0.2) is 0 Å². The minimum atomic E-state index is 0.457. The van der Waals surface area contributed by atoms with Crippen LogP contribution in [0.25, 0.3) is 0 Å². The molecule has 0 saturated carbocycles. The van der Waals surface area contributed by atoms with Crippen LogP contribution >= 0.6 is 11.8 Å². The monoisotopic (exact) mass is 279 g/mol. The fourth-order valence-corrected chi connectivity index (χ4v) is 3.09. The highest BCUT2D eigenvalue weighted by Crippen LogP contribution is 2.22. The zero-order valence-corrected chi connectivity index (χ0v) is 13.6. The summed E-state index contributed by atoms with van der Waals surface area (Å²) < 4.78 is 0. The second kappa shape index (κ2) is 10.3. The molecule has 1 rings (SSSR count). The fraction of sp³-hybridized carbons (Fsp3) is 0.647. The van der Waals surface area contributed by atoms with Gasteiger partial charge in [0.25, 0.3) is 0 Å². The number of rotatable bonds is 10. The van der Waals surface area contributed by atoms with Crippen molar-refractivity contribution >= 4 is 11.8 Å². The normalized spacial score (nSPS) is 12.6. The third-order valence-electron chi connectivity index (χ3n) is 3.41. The molecule has 0 aliphatic carbocycles. The molecule has 1 atom stereocenters. The summed E-state index contributed by atoms with van der Waals surface area (Å²) >= 11 is 1.99. The smallest absolute Gasteiger partial charge is 0.0291 e. The summed E-state index contributed by atoms with van der Waals surface area (Å²) in [5, 5.41) is 3.45. The van der Waals surface area contributed by atoms with Crippen LogP contribution in [0.4, 0.5) is 0 Å². The molecule has 1 nitrogen and oxygen atoms in total. The van der Waals surface area contributed by atoms with Gasteiger partial charge in [0.05, 0.1) is 0 Å². The first-order valence-corrected chi connectivity index (χ1v) is 8.72. The van der Waals surface area contributed by atoms with Gasteiger partial charge in [0.1, 0.15) is 0 Å². The first kappa shape index (κ1) is 16.6. The SMILES string of the molecule is CCCCCCCSc1ccc(C(C)NCC)cc1. The molecule has 0 aromatic heterocycles. The zero-order chi connectivity index (χ0) is 13.9. The quantitative estimate of drug-likeness (QED) is 0.453. The molecule has 0 amide bonds. The van der Waals surface area contributed by atoms with Crippen LogP contribution in [0.15, 0.2) is 29.2 Å². The van der Waals surface area contributed by atoms with E-state index in [9.17, 15) is 0 Å². The predicted molar refractivity (Wildman–Crippen MR) is 88.0 cm³/mol. The lowest BCUT2D eigenvalue weighted by atomic mass is 10.1. The van der Waals surface area contributed by atoms with E-state index >= 15 is 0 Å². The lowest BCUT2D eigenvalue weighted by Crippen LogP contribution is -2.17. The lowest BCUT2D eigenvalue weighted by Gasteiger charge is -2.13. The molecule has 0 bridgehead atoms.